The normalized spacial score (nSPS) is 18.0. The lowest BCUT2D eigenvalue weighted by Gasteiger charge is -2.31. The van der Waals surface area contributed by atoms with Crippen LogP contribution in [0.4, 0.5) is 0 Å². The number of rotatable bonds is 5. The molecule has 0 unspecified atom stereocenters. The molecular weight excluding hydrogens is 242 g/mol. The lowest BCUT2D eigenvalue weighted by molar-refractivity contribution is 0.0448. The molecule has 1 fully saturated rings. The van der Waals surface area contributed by atoms with Crippen LogP contribution >= 0.6 is 0 Å². The van der Waals surface area contributed by atoms with Crippen molar-refractivity contribution in [2.24, 2.45) is 5.73 Å². The maximum absolute atomic E-state index is 12.4. The van der Waals surface area contributed by atoms with Gasteiger partial charge < -0.3 is 15.2 Å². The Morgan fingerprint density at radius 1 is 1.32 bits per heavy atom. The van der Waals surface area contributed by atoms with Gasteiger partial charge in [-0.3, -0.25) is 4.79 Å². The average Bonchev–Trinajstić information content (AvgIpc) is 2.46. The summed E-state index contributed by atoms with van der Waals surface area (Å²) in [6, 6.07) is 7.23. The quantitative estimate of drug-likeness (QED) is 0.827. The van der Waals surface area contributed by atoms with Gasteiger partial charge in [-0.25, -0.2) is 0 Å². The van der Waals surface area contributed by atoms with E-state index >= 15 is 0 Å². The zero-order valence-corrected chi connectivity index (χ0v) is 11.4. The zero-order chi connectivity index (χ0) is 13.7. The Morgan fingerprint density at radius 3 is 2.53 bits per heavy atom. The van der Waals surface area contributed by atoms with Crippen molar-refractivity contribution in [3.8, 4) is 5.75 Å². The fraction of sp³-hybridized carbons (Fsp3) is 0.533. The van der Waals surface area contributed by atoms with E-state index in [9.17, 15) is 4.79 Å². The molecule has 1 aromatic carbocycles. The second-order valence-electron chi connectivity index (χ2n) is 4.97. The molecular formula is C15H21NO3. The summed E-state index contributed by atoms with van der Waals surface area (Å²) < 4.78 is 10.8. The van der Waals surface area contributed by atoms with Gasteiger partial charge in [-0.1, -0.05) is 6.92 Å². The second kappa shape index (κ2) is 6.17. The van der Waals surface area contributed by atoms with Crippen molar-refractivity contribution in [2.75, 3.05) is 19.8 Å². The van der Waals surface area contributed by atoms with Gasteiger partial charge in [-0.2, -0.15) is 0 Å². The highest BCUT2D eigenvalue weighted by Gasteiger charge is 2.36. The second-order valence-corrected chi connectivity index (χ2v) is 4.97. The van der Waals surface area contributed by atoms with Crippen LogP contribution in [-0.4, -0.2) is 31.1 Å². The van der Waals surface area contributed by atoms with Gasteiger partial charge in [0.1, 0.15) is 5.75 Å². The SMILES string of the molecule is CCCOc1ccc(C(=O)C2(N)CCOCC2)cc1. The Labute approximate surface area is 113 Å². The van der Waals surface area contributed by atoms with Gasteiger partial charge >= 0.3 is 0 Å². The van der Waals surface area contributed by atoms with E-state index in [0.29, 0.717) is 38.2 Å². The topological polar surface area (TPSA) is 61.5 Å². The number of benzene rings is 1. The molecule has 0 amide bonds. The first-order valence-corrected chi connectivity index (χ1v) is 6.80. The molecule has 2 N–H and O–H groups in total. The first-order chi connectivity index (χ1) is 9.15. The van der Waals surface area contributed by atoms with E-state index < -0.39 is 5.54 Å². The van der Waals surface area contributed by atoms with Gasteiger partial charge in [0.05, 0.1) is 12.1 Å². The van der Waals surface area contributed by atoms with E-state index in [1.165, 1.54) is 0 Å². The predicted octanol–water partition coefficient (Wildman–Crippen LogP) is 2.17. The van der Waals surface area contributed by atoms with E-state index in [2.05, 4.69) is 6.92 Å². The lowest BCUT2D eigenvalue weighted by Crippen LogP contribution is -2.51. The average molecular weight is 263 g/mol. The maximum atomic E-state index is 12.4. The molecule has 19 heavy (non-hydrogen) atoms. The summed E-state index contributed by atoms with van der Waals surface area (Å²) in [7, 11) is 0. The molecule has 0 radical (unpaired) electrons. The molecule has 1 saturated heterocycles. The van der Waals surface area contributed by atoms with Gasteiger partial charge in [0.2, 0.25) is 0 Å². The van der Waals surface area contributed by atoms with Gasteiger partial charge in [0.25, 0.3) is 0 Å². The highest BCUT2D eigenvalue weighted by molar-refractivity contribution is 6.03. The predicted molar refractivity (Wildman–Crippen MR) is 73.5 cm³/mol. The Morgan fingerprint density at radius 2 is 1.95 bits per heavy atom. The van der Waals surface area contributed by atoms with Gasteiger partial charge in [0, 0.05) is 18.8 Å². The third-order valence-electron chi connectivity index (χ3n) is 3.43. The Bertz CT molecular complexity index is 422. The minimum absolute atomic E-state index is 0.00200. The highest BCUT2D eigenvalue weighted by Crippen LogP contribution is 2.24. The standard InChI is InChI=1S/C15H21NO3/c1-2-9-19-13-5-3-12(4-6-13)14(17)15(16)7-10-18-11-8-15/h3-6H,2,7-11,16H2,1H3. The van der Waals surface area contributed by atoms with E-state index in [-0.39, 0.29) is 5.78 Å². The lowest BCUT2D eigenvalue weighted by atomic mass is 9.83. The number of carbonyl (C=O) groups is 1. The number of Topliss-reactive ketones (excluding diaryl/α,β-unsaturated/α-hetero) is 1. The van der Waals surface area contributed by atoms with Gasteiger partial charge in [-0.15, -0.1) is 0 Å². The van der Waals surface area contributed by atoms with Crippen molar-refractivity contribution in [1.82, 2.24) is 0 Å². The van der Waals surface area contributed by atoms with Gasteiger partial charge in [0.15, 0.2) is 5.78 Å². The Balaban J connectivity index is 2.06. The van der Waals surface area contributed by atoms with Crippen LogP contribution in [0, 0.1) is 0 Å². The molecule has 2 rings (SSSR count). The van der Waals surface area contributed by atoms with Crippen LogP contribution in [0.1, 0.15) is 36.5 Å². The Hall–Kier alpha value is -1.39. The molecule has 0 atom stereocenters. The maximum Gasteiger partial charge on any atom is 0.182 e. The molecule has 1 aromatic rings. The van der Waals surface area contributed by atoms with E-state index in [0.717, 1.165) is 12.2 Å². The molecule has 0 bridgehead atoms. The molecule has 1 aliphatic heterocycles. The third-order valence-corrected chi connectivity index (χ3v) is 3.43. The molecule has 0 aromatic heterocycles. The summed E-state index contributed by atoms with van der Waals surface area (Å²) >= 11 is 0. The smallest absolute Gasteiger partial charge is 0.182 e. The molecule has 4 heteroatoms. The number of hydrogen-bond acceptors (Lipinski definition) is 4. The van der Waals surface area contributed by atoms with E-state index in [1.54, 1.807) is 12.1 Å². The number of ether oxygens (including phenoxy) is 2. The number of nitrogens with two attached hydrogens (primary N) is 1. The fourth-order valence-corrected chi connectivity index (χ4v) is 2.17. The Kier molecular flexibility index (Phi) is 4.56. The summed E-state index contributed by atoms with van der Waals surface area (Å²) in [6.45, 7) is 3.85. The highest BCUT2D eigenvalue weighted by atomic mass is 16.5. The van der Waals surface area contributed by atoms with E-state index in [4.69, 9.17) is 15.2 Å². The van der Waals surface area contributed by atoms with Crippen LogP contribution in [0.3, 0.4) is 0 Å². The fourth-order valence-electron chi connectivity index (χ4n) is 2.17. The van der Waals surface area contributed by atoms with Crippen molar-refractivity contribution in [3.63, 3.8) is 0 Å². The summed E-state index contributed by atoms with van der Waals surface area (Å²) in [5, 5.41) is 0. The monoisotopic (exact) mass is 263 g/mol. The zero-order valence-electron chi connectivity index (χ0n) is 11.4. The molecule has 0 aliphatic carbocycles. The molecule has 0 saturated carbocycles. The summed E-state index contributed by atoms with van der Waals surface area (Å²) in [5.41, 5.74) is 6.06. The van der Waals surface area contributed by atoms with E-state index in [1.807, 2.05) is 12.1 Å². The van der Waals surface area contributed by atoms with Crippen LogP contribution in [0.2, 0.25) is 0 Å². The number of hydrogen-bond donors (Lipinski definition) is 1. The van der Waals surface area contributed by atoms with Crippen LogP contribution in [-0.2, 0) is 4.74 Å². The summed E-state index contributed by atoms with van der Waals surface area (Å²) in [5.74, 6) is 0.786. The molecule has 104 valence electrons. The molecule has 1 heterocycles. The largest absolute Gasteiger partial charge is 0.494 e. The van der Waals surface area contributed by atoms with Crippen molar-refractivity contribution >= 4 is 5.78 Å². The summed E-state index contributed by atoms with van der Waals surface area (Å²) in [6.07, 6.45) is 2.13. The van der Waals surface area contributed by atoms with Crippen molar-refractivity contribution < 1.29 is 14.3 Å². The number of ketones is 1. The molecule has 4 nitrogen and oxygen atoms in total. The van der Waals surface area contributed by atoms with Crippen molar-refractivity contribution in [3.05, 3.63) is 29.8 Å². The van der Waals surface area contributed by atoms with Crippen molar-refractivity contribution in [1.29, 1.82) is 0 Å². The minimum Gasteiger partial charge on any atom is -0.494 e. The molecule has 1 aliphatic rings. The third kappa shape index (κ3) is 3.33. The molecule has 0 spiro atoms. The van der Waals surface area contributed by atoms with Crippen LogP contribution in [0.25, 0.3) is 0 Å². The van der Waals surface area contributed by atoms with Crippen LogP contribution < -0.4 is 10.5 Å². The first-order valence-electron chi connectivity index (χ1n) is 6.80. The summed E-state index contributed by atoms with van der Waals surface area (Å²) in [4.78, 5) is 12.4. The first kappa shape index (κ1) is 14.0. The minimum atomic E-state index is -0.774. The van der Waals surface area contributed by atoms with Gasteiger partial charge in [-0.05, 0) is 43.5 Å². The van der Waals surface area contributed by atoms with Crippen LogP contribution in [0.5, 0.6) is 5.75 Å². The van der Waals surface area contributed by atoms with Crippen LogP contribution in [0.15, 0.2) is 24.3 Å². The van der Waals surface area contributed by atoms with Crippen molar-refractivity contribution in [2.45, 2.75) is 31.7 Å². The number of carbonyl (C=O) groups excluding carboxylic acids is 1.